The van der Waals surface area contributed by atoms with E-state index >= 15 is 0 Å². The molecule has 1 aliphatic heterocycles. The zero-order chi connectivity index (χ0) is 20.2. The summed E-state index contributed by atoms with van der Waals surface area (Å²) in [5.74, 6) is -0.762. The van der Waals surface area contributed by atoms with Gasteiger partial charge in [-0.25, -0.2) is 18.7 Å². The van der Waals surface area contributed by atoms with Crippen LogP contribution in [0.2, 0.25) is 0 Å². The first-order valence-corrected chi connectivity index (χ1v) is 9.96. The molecule has 2 aromatic heterocycles. The summed E-state index contributed by atoms with van der Waals surface area (Å²) in [6, 6.07) is 8.85. The highest BCUT2D eigenvalue weighted by molar-refractivity contribution is 7.10. The number of anilines is 1. The van der Waals surface area contributed by atoms with Gasteiger partial charge in [-0.1, -0.05) is 6.07 Å². The van der Waals surface area contributed by atoms with E-state index in [4.69, 9.17) is 4.74 Å². The van der Waals surface area contributed by atoms with Crippen LogP contribution in [0.4, 0.5) is 14.6 Å². The van der Waals surface area contributed by atoms with Crippen molar-refractivity contribution in [2.45, 2.75) is 6.42 Å². The predicted octanol–water partition coefficient (Wildman–Crippen LogP) is 3.50. The third kappa shape index (κ3) is 4.68. The van der Waals surface area contributed by atoms with Gasteiger partial charge in [0.25, 0.3) is 0 Å². The first-order valence-electron chi connectivity index (χ1n) is 9.08. The van der Waals surface area contributed by atoms with Gasteiger partial charge in [0.05, 0.1) is 6.42 Å². The maximum absolute atomic E-state index is 13.3. The molecule has 1 aliphatic rings. The summed E-state index contributed by atoms with van der Waals surface area (Å²) in [6.45, 7) is 2.48. The van der Waals surface area contributed by atoms with Crippen LogP contribution in [0.1, 0.15) is 4.88 Å². The van der Waals surface area contributed by atoms with Crippen LogP contribution in [-0.4, -0.2) is 47.0 Å². The molecule has 0 unspecified atom stereocenters. The van der Waals surface area contributed by atoms with Crippen LogP contribution < -0.4 is 9.64 Å². The van der Waals surface area contributed by atoms with E-state index in [1.165, 1.54) is 12.4 Å². The first-order chi connectivity index (χ1) is 14.1. The number of aromatic nitrogens is 2. The number of ether oxygens (including phenoxy) is 1. The van der Waals surface area contributed by atoms with E-state index in [0.29, 0.717) is 38.4 Å². The molecule has 0 atom stereocenters. The summed E-state index contributed by atoms with van der Waals surface area (Å²) < 4.78 is 31.9. The van der Waals surface area contributed by atoms with E-state index in [9.17, 15) is 13.6 Å². The van der Waals surface area contributed by atoms with Crippen LogP contribution in [0.5, 0.6) is 11.6 Å². The highest BCUT2D eigenvalue weighted by Crippen LogP contribution is 2.24. The number of carbonyl (C=O) groups excluding carboxylic acids is 1. The van der Waals surface area contributed by atoms with Gasteiger partial charge >= 0.3 is 0 Å². The Morgan fingerprint density at radius 1 is 1.07 bits per heavy atom. The average Bonchev–Trinajstić information content (AvgIpc) is 3.24. The number of carbonyl (C=O) groups is 1. The molecular weight excluding hydrogens is 398 g/mol. The molecule has 0 aliphatic carbocycles. The Labute approximate surface area is 170 Å². The topological polar surface area (TPSA) is 58.6 Å². The molecule has 1 fully saturated rings. The number of piperazine rings is 1. The molecule has 0 bridgehead atoms. The Hall–Kier alpha value is -3.07. The van der Waals surface area contributed by atoms with Crippen LogP contribution >= 0.6 is 11.3 Å². The van der Waals surface area contributed by atoms with Crippen molar-refractivity contribution in [2.75, 3.05) is 31.1 Å². The number of nitrogens with zero attached hydrogens (tertiary/aromatic N) is 4. The van der Waals surface area contributed by atoms with E-state index in [2.05, 4.69) is 9.97 Å². The lowest BCUT2D eigenvalue weighted by atomic mass is 10.2. The smallest absolute Gasteiger partial charge is 0.227 e. The zero-order valence-corrected chi connectivity index (χ0v) is 16.2. The molecule has 0 spiro atoms. The number of hydrogen-bond donors (Lipinski definition) is 0. The maximum atomic E-state index is 13.3. The van der Waals surface area contributed by atoms with Crippen molar-refractivity contribution in [3.63, 3.8) is 0 Å². The predicted molar refractivity (Wildman–Crippen MR) is 105 cm³/mol. The Morgan fingerprint density at radius 2 is 1.90 bits per heavy atom. The second-order valence-electron chi connectivity index (χ2n) is 6.52. The molecular formula is C20H18F2N4O2S. The third-order valence-electron chi connectivity index (χ3n) is 4.60. The second kappa shape index (κ2) is 8.52. The van der Waals surface area contributed by atoms with Gasteiger partial charge in [-0.05, 0) is 23.6 Å². The lowest BCUT2D eigenvalue weighted by Crippen LogP contribution is -2.49. The van der Waals surface area contributed by atoms with Gasteiger partial charge in [0.2, 0.25) is 11.8 Å². The Balaban J connectivity index is 1.36. The minimum Gasteiger partial charge on any atom is -0.439 e. The minimum atomic E-state index is -0.986. The average molecular weight is 416 g/mol. The van der Waals surface area contributed by atoms with E-state index in [1.807, 2.05) is 27.3 Å². The van der Waals surface area contributed by atoms with Crippen molar-refractivity contribution in [2.24, 2.45) is 0 Å². The van der Waals surface area contributed by atoms with Crippen LogP contribution in [0.3, 0.4) is 0 Å². The number of halogens is 2. The summed E-state index contributed by atoms with van der Waals surface area (Å²) in [5.41, 5.74) is 0. The molecule has 9 heteroatoms. The van der Waals surface area contributed by atoms with Crippen molar-refractivity contribution in [3.8, 4) is 11.6 Å². The standard InChI is InChI=1S/C20H18F2N4O2S/c21-16-4-3-14(10-17(16)22)28-19-12-18(23-13-24-19)25-5-7-26(8-6-25)20(27)11-15-2-1-9-29-15/h1-4,9-10,12-13H,5-8,11H2. The van der Waals surface area contributed by atoms with Crippen LogP contribution in [0.25, 0.3) is 0 Å². The molecule has 1 amide bonds. The fraction of sp³-hybridized carbons (Fsp3) is 0.250. The summed E-state index contributed by atoms with van der Waals surface area (Å²) >= 11 is 1.58. The highest BCUT2D eigenvalue weighted by atomic mass is 32.1. The molecule has 3 heterocycles. The Kier molecular flexibility index (Phi) is 5.66. The van der Waals surface area contributed by atoms with E-state index in [1.54, 1.807) is 17.4 Å². The SMILES string of the molecule is O=C(Cc1cccs1)N1CCN(c2cc(Oc3ccc(F)c(F)c3)ncn2)CC1. The van der Waals surface area contributed by atoms with Gasteiger partial charge in [0.1, 0.15) is 17.9 Å². The summed E-state index contributed by atoms with van der Waals surface area (Å²) in [5, 5.41) is 1.97. The number of thiophene rings is 1. The van der Waals surface area contributed by atoms with Crippen molar-refractivity contribution >= 4 is 23.1 Å². The van der Waals surface area contributed by atoms with E-state index in [-0.39, 0.29) is 17.5 Å². The summed E-state index contributed by atoms with van der Waals surface area (Å²) in [7, 11) is 0. The molecule has 1 saturated heterocycles. The van der Waals surface area contributed by atoms with Crippen molar-refractivity contribution in [1.29, 1.82) is 0 Å². The lowest BCUT2D eigenvalue weighted by Gasteiger charge is -2.35. The fourth-order valence-electron chi connectivity index (χ4n) is 3.08. The quantitative estimate of drug-likeness (QED) is 0.637. The minimum absolute atomic E-state index is 0.122. The largest absolute Gasteiger partial charge is 0.439 e. The number of hydrogen-bond acceptors (Lipinski definition) is 6. The van der Waals surface area contributed by atoms with Gasteiger partial charge in [0, 0.05) is 43.2 Å². The molecule has 3 aromatic rings. The molecule has 150 valence electrons. The van der Waals surface area contributed by atoms with Crippen LogP contribution in [0, 0.1) is 11.6 Å². The summed E-state index contributed by atoms with van der Waals surface area (Å²) in [6.07, 6.45) is 1.79. The normalized spacial score (nSPS) is 14.1. The molecule has 6 nitrogen and oxygen atoms in total. The molecule has 0 saturated carbocycles. The molecule has 4 rings (SSSR count). The van der Waals surface area contributed by atoms with Crippen molar-refractivity contribution in [1.82, 2.24) is 14.9 Å². The van der Waals surface area contributed by atoms with E-state index in [0.717, 1.165) is 17.0 Å². The molecule has 29 heavy (non-hydrogen) atoms. The highest BCUT2D eigenvalue weighted by Gasteiger charge is 2.22. The third-order valence-corrected chi connectivity index (χ3v) is 5.48. The van der Waals surface area contributed by atoms with Gasteiger partial charge < -0.3 is 14.5 Å². The zero-order valence-electron chi connectivity index (χ0n) is 15.4. The Morgan fingerprint density at radius 3 is 2.62 bits per heavy atom. The molecule has 0 radical (unpaired) electrons. The van der Waals surface area contributed by atoms with Crippen molar-refractivity contribution < 1.29 is 18.3 Å². The maximum Gasteiger partial charge on any atom is 0.227 e. The first kappa shape index (κ1) is 19.3. The number of amides is 1. The van der Waals surface area contributed by atoms with Crippen LogP contribution in [-0.2, 0) is 11.2 Å². The number of rotatable bonds is 5. The molecule has 0 N–H and O–H groups in total. The lowest BCUT2D eigenvalue weighted by molar-refractivity contribution is -0.130. The van der Waals surface area contributed by atoms with Gasteiger partial charge in [0.15, 0.2) is 11.6 Å². The summed E-state index contributed by atoms with van der Waals surface area (Å²) in [4.78, 5) is 25.7. The van der Waals surface area contributed by atoms with Crippen molar-refractivity contribution in [3.05, 3.63) is 64.6 Å². The van der Waals surface area contributed by atoms with Crippen LogP contribution in [0.15, 0.2) is 48.1 Å². The second-order valence-corrected chi connectivity index (χ2v) is 7.55. The number of benzene rings is 1. The monoisotopic (exact) mass is 416 g/mol. The van der Waals surface area contributed by atoms with Gasteiger partial charge in [-0.3, -0.25) is 4.79 Å². The van der Waals surface area contributed by atoms with Gasteiger partial charge in [-0.15, -0.1) is 11.3 Å². The fourth-order valence-corrected chi connectivity index (χ4v) is 3.77. The Bertz CT molecular complexity index is 992. The van der Waals surface area contributed by atoms with E-state index < -0.39 is 11.6 Å². The molecule has 1 aromatic carbocycles. The van der Waals surface area contributed by atoms with Gasteiger partial charge in [-0.2, -0.15) is 0 Å².